The first-order chi connectivity index (χ1) is 14.1. The summed E-state index contributed by atoms with van der Waals surface area (Å²) < 4.78 is 37.8. The van der Waals surface area contributed by atoms with Crippen molar-refractivity contribution in [1.29, 1.82) is 0 Å². The van der Waals surface area contributed by atoms with Crippen molar-refractivity contribution in [1.82, 2.24) is 9.88 Å². The Morgan fingerprint density at radius 1 is 1.16 bits per heavy atom. The molecule has 2 aromatic rings. The van der Waals surface area contributed by atoms with Crippen LogP contribution in [0.25, 0.3) is 11.1 Å². The predicted molar refractivity (Wildman–Crippen MR) is 120 cm³/mol. The van der Waals surface area contributed by atoms with Crippen LogP contribution in [0.4, 0.5) is 4.79 Å². The van der Waals surface area contributed by atoms with Gasteiger partial charge in [-0.15, -0.1) is 0 Å². The van der Waals surface area contributed by atoms with E-state index in [2.05, 4.69) is 4.98 Å². The highest BCUT2D eigenvalue weighted by molar-refractivity contribution is 7.93. The van der Waals surface area contributed by atoms with Gasteiger partial charge in [0.25, 0.3) is 0 Å². The molecular formula is C22H31ClN2O5S. The first-order valence-electron chi connectivity index (χ1n) is 10.4. The molecule has 7 nitrogen and oxygen atoms in total. The lowest BCUT2D eigenvalue weighted by Gasteiger charge is -2.39. The van der Waals surface area contributed by atoms with Crippen molar-refractivity contribution in [2.24, 2.45) is 0 Å². The van der Waals surface area contributed by atoms with Crippen LogP contribution in [0.5, 0.6) is 0 Å². The van der Waals surface area contributed by atoms with Crippen molar-refractivity contribution < 1.29 is 22.4 Å². The van der Waals surface area contributed by atoms with Crippen molar-refractivity contribution in [3.8, 4) is 0 Å². The molecule has 2 heterocycles. The molecule has 0 saturated carbocycles. The molecule has 0 spiro atoms. The van der Waals surface area contributed by atoms with Gasteiger partial charge in [-0.3, -0.25) is 0 Å². The molecule has 1 aromatic carbocycles. The van der Waals surface area contributed by atoms with Gasteiger partial charge in [0, 0.05) is 18.5 Å². The third-order valence-electron chi connectivity index (χ3n) is 5.50. The SMILES string of the molecule is CC(C)(C)OC(=O)N1CCC(C)(S(=O)(=O)c2c(Cl)ccc3nc(C(C)(C)C)oc23)CC1. The van der Waals surface area contributed by atoms with Crippen LogP contribution in [-0.2, 0) is 20.0 Å². The molecule has 1 aliphatic rings. The lowest BCUT2D eigenvalue weighted by atomic mass is 9.97. The normalized spacial score (nSPS) is 17.7. The minimum Gasteiger partial charge on any atom is -0.444 e. The number of likely N-dealkylation sites (tertiary alicyclic amines) is 1. The zero-order valence-electron chi connectivity index (χ0n) is 19.2. The number of hydrogen-bond acceptors (Lipinski definition) is 6. The minimum absolute atomic E-state index is 0.0251. The number of sulfone groups is 1. The van der Waals surface area contributed by atoms with Gasteiger partial charge < -0.3 is 14.1 Å². The summed E-state index contributed by atoms with van der Waals surface area (Å²) in [5.74, 6) is 0.450. The first kappa shape index (κ1) is 23.9. The monoisotopic (exact) mass is 470 g/mol. The summed E-state index contributed by atoms with van der Waals surface area (Å²) in [6, 6.07) is 3.22. The summed E-state index contributed by atoms with van der Waals surface area (Å²) in [5.41, 5.74) is -0.338. The molecule has 1 amide bonds. The largest absolute Gasteiger partial charge is 0.444 e. The third-order valence-corrected chi connectivity index (χ3v) is 8.57. The second-order valence-electron chi connectivity index (χ2n) is 10.4. The summed E-state index contributed by atoms with van der Waals surface area (Å²) in [5, 5.41) is 0.111. The van der Waals surface area contributed by atoms with Crippen molar-refractivity contribution >= 4 is 38.6 Å². The van der Waals surface area contributed by atoms with Gasteiger partial charge in [-0.2, -0.15) is 0 Å². The van der Waals surface area contributed by atoms with E-state index in [4.69, 9.17) is 20.8 Å². The second-order valence-corrected chi connectivity index (χ2v) is 13.2. The van der Waals surface area contributed by atoms with E-state index < -0.39 is 26.3 Å². The van der Waals surface area contributed by atoms with E-state index in [1.807, 2.05) is 20.8 Å². The van der Waals surface area contributed by atoms with Gasteiger partial charge in [0.1, 0.15) is 16.0 Å². The number of piperidine rings is 1. The molecule has 1 aliphatic heterocycles. The lowest BCUT2D eigenvalue weighted by molar-refractivity contribution is 0.0198. The fraction of sp³-hybridized carbons (Fsp3) is 0.636. The first-order valence-corrected chi connectivity index (χ1v) is 12.2. The maximum Gasteiger partial charge on any atom is 0.410 e. The van der Waals surface area contributed by atoms with Crippen LogP contribution in [0.2, 0.25) is 5.02 Å². The molecule has 0 bridgehead atoms. The van der Waals surface area contributed by atoms with E-state index in [0.29, 0.717) is 11.4 Å². The smallest absolute Gasteiger partial charge is 0.410 e. The van der Waals surface area contributed by atoms with Crippen molar-refractivity contribution in [3.63, 3.8) is 0 Å². The zero-order valence-corrected chi connectivity index (χ0v) is 20.8. The number of fused-ring (bicyclic) bond motifs is 1. The Kier molecular flexibility index (Phi) is 5.89. The average molecular weight is 471 g/mol. The fourth-order valence-electron chi connectivity index (χ4n) is 3.52. The number of benzene rings is 1. The van der Waals surface area contributed by atoms with Gasteiger partial charge in [-0.05, 0) is 52.7 Å². The summed E-state index contributed by atoms with van der Waals surface area (Å²) in [6.07, 6.45) is 0.0977. The van der Waals surface area contributed by atoms with E-state index in [0.717, 1.165) is 0 Å². The van der Waals surface area contributed by atoms with Gasteiger partial charge in [0.15, 0.2) is 15.4 Å². The Morgan fingerprint density at radius 2 is 1.74 bits per heavy atom. The molecule has 1 saturated heterocycles. The molecule has 3 rings (SSSR count). The maximum absolute atomic E-state index is 13.8. The molecule has 9 heteroatoms. The van der Waals surface area contributed by atoms with Crippen LogP contribution >= 0.6 is 11.6 Å². The standard InChI is InChI=1S/C22H31ClN2O5S/c1-20(2,3)18-24-15-9-8-14(23)17(16(15)29-18)31(27,28)22(7)10-12-25(13-11-22)19(26)30-21(4,5)6/h8-9H,10-13H2,1-7H3. The molecular weight excluding hydrogens is 440 g/mol. The van der Waals surface area contributed by atoms with Crippen LogP contribution in [0.1, 0.15) is 67.2 Å². The van der Waals surface area contributed by atoms with Crippen molar-refractivity contribution in [2.75, 3.05) is 13.1 Å². The van der Waals surface area contributed by atoms with Gasteiger partial charge >= 0.3 is 6.09 Å². The predicted octanol–water partition coefficient (Wildman–Crippen LogP) is 5.34. The molecule has 0 atom stereocenters. The van der Waals surface area contributed by atoms with Crippen LogP contribution in [-0.4, -0.2) is 47.8 Å². The Labute approximate surface area is 189 Å². The number of carbonyl (C=O) groups is 1. The van der Waals surface area contributed by atoms with Gasteiger partial charge in [0.05, 0.1) is 9.77 Å². The summed E-state index contributed by atoms with van der Waals surface area (Å²) in [4.78, 5) is 18.4. The van der Waals surface area contributed by atoms with Crippen LogP contribution in [0.15, 0.2) is 21.4 Å². The number of aromatic nitrogens is 1. The fourth-order valence-corrected chi connectivity index (χ4v) is 5.90. The van der Waals surface area contributed by atoms with Gasteiger partial charge in [-0.25, -0.2) is 18.2 Å². The topological polar surface area (TPSA) is 89.7 Å². The Balaban J connectivity index is 1.95. The minimum atomic E-state index is -3.88. The molecule has 1 aromatic heterocycles. The van der Waals surface area contributed by atoms with E-state index in [1.165, 1.54) is 0 Å². The molecule has 31 heavy (non-hydrogen) atoms. The van der Waals surface area contributed by atoms with Crippen LogP contribution in [0, 0.1) is 0 Å². The molecule has 0 unspecified atom stereocenters. The number of carbonyl (C=O) groups excluding carboxylic acids is 1. The summed E-state index contributed by atoms with van der Waals surface area (Å²) in [6.45, 7) is 13.5. The van der Waals surface area contributed by atoms with Crippen molar-refractivity contribution in [2.45, 2.75) is 82.0 Å². The Morgan fingerprint density at radius 3 is 2.26 bits per heavy atom. The number of nitrogens with zero attached hydrogens (tertiary/aromatic N) is 2. The molecule has 172 valence electrons. The lowest BCUT2D eigenvalue weighted by Crippen LogP contribution is -2.50. The molecule has 0 radical (unpaired) electrons. The van der Waals surface area contributed by atoms with Gasteiger partial charge in [0.2, 0.25) is 5.89 Å². The van der Waals surface area contributed by atoms with Gasteiger partial charge in [-0.1, -0.05) is 32.4 Å². The van der Waals surface area contributed by atoms with E-state index in [-0.39, 0.29) is 46.8 Å². The van der Waals surface area contributed by atoms with E-state index in [9.17, 15) is 13.2 Å². The highest BCUT2D eigenvalue weighted by Crippen LogP contribution is 2.42. The molecule has 0 aliphatic carbocycles. The average Bonchev–Trinajstić information content (AvgIpc) is 3.04. The Bertz CT molecular complexity index is 1100. The molecule has 0 N–H and O–H groups in total. The summed E-state index contributed by atoms with van der Waals surface area (Å²) in [7, 11) is -3.88. The number of ether oxygens (including phenoxy) is 1. The summed E-state index contributed by atoms with van der Waals surface area (Å²) >= 11 is 6.39. The van der Waals surface area contributed by atoms with E-state index in [1.54, 1.807) is 44.7 Å². The van der Waals surface area contributed by atoms with Crippen molar-refractivity contribution in [3.05, 3.63) is 23.0 Å². The Hall–Kier alpha value is -1.80. The second kappa shape index (κ2) is 7.66. The third kappa shape index (κ3) is 4.55. The maximum atomic E-state index is 13.8. The quantitative estimate of drug-likeness (QED) is 0.588. The highest BCUT2D eigenvalue weighted by atomic mass is 35.5. The highest BCUT2D eigenvalue weighted by Gasteiger charge is 2.46. The number of rotatable bonds is 2. The molecule has 1 fully saturated rings. The number of halogens is 1. The number of amides is 1. The zero-order chi connectivity index (χ0) is 23.4. The number of hydrogen-bond donors (Lipinski definition) is 0. The van der Waals surface area contributed by atoms with Crippen LogP contribution < -0.4 is 0 Å². The number of oxazole rings is 1. The van der Waals surface area contributed by atoms with Crippen LogP contribution in [0.3, 0.4) is 0 Å². The van der Waals surface area contributed by atoms with E-state index >= 15 is 0 Å².